The zero-order valence-corrected chi connectivity index (χ0v) is 33.5. The Bertz CT molecular complexity index is 3340. The third kappa shape index (κ3) is 6.88. The highest BCUT2D eigenvalue weighted by atomic mass is 16.1. The van der Waals surface area contributed by atoms with E-state index in [-0.39, 0.29) is 5.91 Å². The summed E-state index contributed by atoms with van der Waals surface area (Å²) in [7, 11) is 6.15. The Morgan fingerprint density at radius 1 is 0.400 bits per heavy atom. The van der Waals surface area contributed by atoms with Gasteiger partial charge in [-0.05, 0) is 96.6 Å². The number of H-pyrrole nitrogens is 4. The maximum Gasteiger partial charge on any atom is 0.255 e. The Kier molecular flexibility index (Phi) is 9.10. The minimum Gasteiger partial charge on any atom is -0.354 e. The first kappa shape index (κ1) is 36.3. The molecule has 0 spiro atoms. The minimum atomic E-state index is -0.152. The molecule has 7 aromatic heterocycles. The molecule has 0 unspecified atom stereocenters. The fourth-order valence-corrected chi connectivity index (χ4v) is 8.29. The van der Waals surface area contributed by atoms with Crippen molar-refractivity contribution in [3.8, 4) is 0 Å². The summed E-state index contributed by atoms with van der Waals surface area (Å²) in [5.41, 5.74) is 13.5. The van der Waals surface area contributed by atoms with Crippen LogP contribution in [0, 0.1) is 0 Å². The highest BCUT2D eigenvalue weighted by Crippen LogP contribution is 2.28. The van der Waals surface area contributed by atoms with E-state index in [9.17, 15) is 4.79 Å². The van der Waals surface area contributed by atoms with Crippen LogP contribution in [-0.2, 0) is 21.1 Å². The molecule has 0 saturated carbocycles. The molecule has 9 aromatic rings. The van der Waals surface area contributed by atoms with Crippen LogP contribution in [0.15, 0.2) is 177 Å². The molecule has 0 atom stereocenters. The summed E-state index contributed by atoms with van der Waals surface area (Å²) in [5.74, 6) is -0.152. The zero-order chi connectivity index (χ0) is 40.7. The number of carbonyl (C=O) groups excluding carboxylic acids is 1. The number of benzene rings is 2. The lowest BCUT2D eigenvalue weighted by molar-refractivity contribution is -0.671. The molecule has 60 heavy (non-hydrogen) atoms. The predicted molar refractivity (Wildman–Crippen MR) is 232 cm³/mol. The lowest BCUT2D eigenvalue weighted by Crippen LogP contribution is -2.28. The Morgan fingerprint density at radius 2 is 0.783 bits per heavy atom. The summed E-state index contributed by atoms with van der Waals surface area (Å²) in [6.45, 7) is 0. The number of anilines is 1. The third-order valence-corrected chi connectivity index (χ3v) is 11.1. The van der Waals surface area contributed by atoms with E-state index in [2.05, 4.69) is 168 Å². The molecule has 1 amide bonds. The number of nitrogens with zero attached hydrogens (tertiary/aromatic N) is 3. The summed E-state index contributed by atoms with van der Waals surface area (Å²) < 4.78 is 6.24. The lowest BCUT2D eigenvalue weighted by atomic mass is 10.0. The molecule has 1 aliphatic rings. The third-order valence-electron chi connectivity index (χ3n) is 11.1. The van der Waals surface area contributed by atoms with Gasteiger partial charge in [-0.3, -0.25) is 4.79 Å². The average molecular weight is 784 g/mol. The van der Waals surface area contributed by atoms with Crippen molar-refractivity contribution >= 4 is 33.9 Å². The number of aryl methyl sites for hydroxylation is 3. The average Bonchev–Trinajstić information content (AvgIpc) is 4.10. The second-order valence-corrected chi connectivity index (χ2v) is 15.3. The molecule has 8 heterocycles. The minimum absolute atomic E-state index is 0.152. The summed E-state index contributed by atoms with van der Waals surface area (Å²) in [4.78, 5) is 28.5. The fourth-order valence-electron chi connectivity index (χ4n) is 8.29. The normalized spacial score (nSPS) is 12.5. The molecule has 290 valence electrons. The first-order valence-electron chi connectivity index (χ1n) is 20.0. The predicted octanol–water partition coefficient (Wildman–Crippen LogP) is 4.03. The van der Waals surface area contributed by atoms with Crippen LogP contribution in [0.4, 0.5) is 5.69 Å². The molecular weight excluding hydrogens is 741 g/mol. The topological polar surface area (TPSA) is 104 Å². The van der Waals surface area contributed by atoms with Crippen LogP contribution < -0.4 is 40.4 Å². The van der Waals surface area contributed by atoms with Crippen LogP contribution in [0.5, 0.6) is 0 Å². The fraction of sp³-hybridized carbons (Fsp3) is 0.0588. The van der Waals surface area contributed by atoms with Crippen molar-refractivity contribution in [2.45, 2.75) is 0 Å². The number of pyridine rings is 3. The molecular formula is C51H43N8O+3. The zero-order valence-electron chi connectivity index (χ0n) is 33.5. The van der Waals surface area contributed by atoms with Crippen molar-refractivity contribution in [2.24, 2.45) is 21.1 Å². The van der Waals surface area contributed by atoms with E-state index in [1.165, 1.54) is 0 Å². The quantitative estimate of drug-likeness (QED) is 0.162. The molecule has 9 nitrogen and oxygen atoms in total. The number of aromatic nitrogens is 7. The molecule has 2 aromatic carbocycles. The van der Waals surface area contributed by atoms with Gasteiger partial charge < -0.3 is 25.3 Å². The largest absolute Gasteiger partial charge is 0.354 e. The molecule has 0 aliphatic carbocycles. The van der Waals surface area contributed by atoms with Gasteiger partial charge in [0.15, 0.2) is 37.2 Å². The van der Waals surface area contributed by atoms with Crippen molar-refractivity contribution in [3.05, 3.63) is 249 Å². The van der Waals surface area contributed by atoms with Gasteiger partial charge >= 0.3 is 0 Å². The molecule has 0 fully saturated rings. The van der Waals surface area contributed by atoms with Crippen molar-refractivity contribution in [1.82, 2.24) is 19.9 Å². The highest BCUT2D eigenvalue weighted by molar-refractivity contribution is 6.04. The van der Waals surface area contributed by atoms with E-state index < -0.39 is 0 Å². The maximum absolute atomic E-state index is 13.1. The van der Waals surface area contributed by atoms with Crippen molar-refractivity contribution in [1.29, 1.82) is 0 Å². The summed E-state index contributed by atoms with van der Waals surface area (Å²) in [6.07, 6.45) is 12.6. The standard InChI is InChI=1S/C51H42N8O/c1-57-27-7-12-35(30-57)48-41-21-19-39(53-41)47(33-15-17-38(18-16-33)52-51(60)34-10-5-4-6-11-34)40-20-22-42(54-40)49(36-13-8-28-58(2)31-36)44-24-26-46(56-44)50(45-25-23-43(48)55-45)37-14-9-29-59(3)32-37/h4-32,53-56H,1-3H3/q+2/p+1. The van der Waals surface area contributed by atoms with E-state index in [0.717, 1.165) is 88.7 Å². The Hall–Kier alpha value is -8.04. The van der Waals surface area contributed by atoms with Crippen LogP contribution in [0.1, 0.15) is 55.4 Å². The van der Waals surface area contributed by atoms with Crippen molar-refractivity contribution < 1.29 is 18.5 Å². The van der Waals surface area contributed by atoms with Gasteiger partial charge in [-0.15, -0.1) is 0 Å². The number of amides is 1. The first-order valence-corrected chi connectivity index (χ1v) is 20.0. The SMILES string of the molecule is C[n+]1cccc(C2=c3ccc([nH]3)=C(c3ccc(NC(=O)c4ccccc4)cc3)c3ccc([nH]3)C(c3ccc[n+](C)c3)=c3ccc([nH]3)=C(c3ccc[n+](C)c3)c3ccc2[nH]3)c1. The van der Waals surface area contributed by atoms with E-state index in [1.807, 2.05) is 69.0 Å². The van der Waals surface area contributed by atoms with Gasteiger partial charge in [0.1, 0.15) is 21.1 Å². The molecule has 5 N–H and O–H groups in total. The molecule has 9 heteroatoms. The summed E-state index contributed by atoms with van der Waals surface area (Å²) in [6, 6.07) is 47.4. The van der Waals surface area contributed by atoms with Gasteiger partial charge in [0.25, 0.3) is 5.91 Å². The van der Waals surface area contributed by atoms with Gasteiger partial charge in [0.2, 0.25) is 0 Å². The lowest BCUT2D eigenvalue weighted by Gasteiger charge is -2.10. The van der Waals surface area contributed by atoms with Gasteiger partial charge in [0, 0.05) is 113 Å². The number of nitrogens with one attached hydrogen (secondary N) is 5. The number of hydrogen-bond donors (Lipinski definition) is 5. The van der Waals surface area contributed by atoms with Crippen LogP contribution in [0.2, 0.25) is 0 Å². The van der Waals surface area contributed by atoms with Gasteiger partial charge in [-0.25, -0.2) is 13.7 Å². The number of aromatic amines is 4. The van der Waals surface area contributed by atoms with Crippen LogP contribution in [0.3, 0.4) is 0 Å². The molecule has 0 saturated heterocycles. The Labute approximate surface area is 346 Å². The van der Waals surface area contributed by atoms with Crippen LogP contribution in [-0.4, -0.2) is 25.8 Å². The number of rotatable bonds is 6. The monoisotopic (exact) mass is 783 g/mol. The first-order chi connectivity index (χ1) is 29.3. The molecule has 8 bridgehead atoms. The summed E-state index contributed by atoms with van der Waals surface area (Å²) >= 11 is 0. The second-order valence-electron chi connectivity index (χ2n) is 15.3. The smallest absolute Gasteiger partial charge is 0.255 e. The molecule has 0 radical (unpaired) electrons. The Balaban J connectivity index is 1.26. The number of fused-ring (bicyclic) bond motifs is 8. The summed E-state index contributed by atoms with van der Waals surface area (Å²) in [5, 5.41) is 6.93. The number of carbonyl (C=O) groups is 1. The van der Waals surface area contributed by atoms with Crippen molar-refractivity contribution in [3.63, 3.8) is 0 Å². The van der Waals surface area contributed by atoms with Crippen LogP contribution >= 0.6 is 0 Å². The van der Waals surface area contributed by atoms with Gasteiger partial charge in [-0.2, -0.15) is 0 Å². The van der Waals surface area contributed by atoms with Gasteiger partial charge in [-0.1, -0.05) is 30.3 Å². The van der Waals surface area contributed by atoms with E-state index in [4.69, 9.17) is 0 Å². The highest BCUT2D eigenvalue weighted by Gasteiger charge is 2.20. The Morgan fingerprint density at radius 3 is 1.17 bits per heavy atom. The maximum atomic E-state index is 13.1. The van der Waals surface area contributed by atoms with E-state index in [0.29, 0.717) is 11.3 Å². The van der Waals surface area contributed by atoms with E-state index >= 15 is 0 Å². The number of hydrogen-bond acceptors (Lipinski definition) is 1. The van der Waals surface area contributed by atoms with Crippen LogP contribution in [0.25, 0.3) is 22.3 Å². The van der Waals surface area contributed by atoms with E-state index in [1.54, 1.807) is 0 Å². The van der Waals surface area contributed by atoms with Gasteiger partial charge in [0.05, 0.1) is 0 Å². The molecule has 10 rings (SSSR count). The molecule has 1 aliphatic heterocycles. The second kappa shape index (κ2) is 15.0. The van der Waals surface area contributed by atoms with Crippen molar-refractivity contribution in [2.75, 3.05) is 5.32 Å².